The van der Waals surface area contributed by atoms with Crippen molar-refractivity contribution in [1.29, 1.82) is 0 Å². The lowest BCUT2D eigenvalue weighted by Crippen LogP contribution is -2.41. The van der Waals surface area contributed by atoms with Crippen molar-refractivity contribution >= 4 is 18.3 Å². The number of nitrogens with zero attached hydrogens (tertiary/aromatic N) is 1. The van der Waals surface area contributed by atoms with E-state index in [1.165, 1.54) is 6.07 Å². The molecule has 22 heavy (non-hydrogen) atoms. The first kappa shape index (κ1) is 15.7. The number of hydrogen-bond acceptors (Lipinski definition) is 3. The van der Waals surface area contributed by atoms with Gasteiger partial charge in [-0.15, -0.1) is 0 Å². The molecule has 0 N–H and O–H groups in total. The van der Waals surface area contributed by atoms with E-state index in [0.29, 0.717) is 16.9 Å². The van der Waals surface area contributed by atoms with Crippen molar-refractivity contribution in [2.24, 2.45) is 0 Å². The van der Waals surface area contributed by atoms with Gasteiger partial charge in [0.05, 0.1) is 11.2 Å². The summed E-state index contributed by atoms with van der Waals surface area (Å²) < 4.78 is 50.7. The average Bonchev–Trinajstić information content (AvgIpc) is 2.87. The minimum Gasteiger partial charge on any atom is -0.399 e. The standard InChI is InChI=1S/C15H19BF3NO2/c1-13(2)14(3,4)22-16(21-13)11-5-6-12-10(9-11)7-8-20(12)15(17,18)19/h5-6,9H,7-8H2,1-4H3. The fraction of sp³-hybridized carbons (Fsp3) is 0.600. The largest absolute Gasteiger partial charge is 0.494 e. The molecule has 120 valence electrons. The summed E-state index contributed by atoms with van der Waals surface area (Å²) in [6.45, 7) is 7.76. The van der Waals surface area contributed by atoms with E-state index in [1.54, 1.807) is 12.1 Å². The molecule has 1 aromatic carbocycles. The quantitative estimate of drug-likeness (QED) is 0.588. The summed E-state index contributed by atoms with van der Waals surface area (Å²) in [5, 5.41) is 0. The van der Waals surface area contributed by atoms with Crippen LogP contribution in [0.25, 0.3) is 0 Å². The van der Waals surface area contributed by atoms with Crippen molar-refractivity contribution in [3.8, 4) is 0 Å². The van der Waals surface area contributed by atoms with Gasteiger partial charge in [-0.25, -0.2) is 0 Å². The summed E-state index contributed by atoms with van der Waals surface area (Å²) in [6, 6.07) is 4.93. The Morgan fingerprint density at radius 2 is 1.68 bits per heavy atom. The number of fused-ring (bicyclic) bond motifs is 1. The molecule has 0 spiro atoms. The lowest BCUT2D eigenvalue weighted by molar-refractivity contribution is -0.127. The molecule has 7 heteroatoms. The van der Waals surface area contributed by atoms with Crippen LogP contribution in [0.3, 0.4) is 0 Å². The first-order chi connectivity index (χ1) is 10.0. The minimum atomic E-state index is -4.34. The van der Waals surface area contributed by atoms with Crippen LogP contribution in [0.15, 0.2) is 18.2 Å². The number of hydrogen-bond donors (Lipinski definition) is 0. The second-order valence-electron chi connectivity index (χ2n) is 6.85. The number of rotatable bonds is 1. The van der Waals surface area contributed by atoms with Crippen molar-refractivity contribution in [2.45, 2.75) is 51.6 Å². The molecular formula is C15H19BF3NO2. The van der Waals surface area contributed by atoms with Gasteiger partial charge < -0.3 is 9.31 Å². The predicted molar refractivity (Wildman–Crippen MR) is 79.3 cm³/mol. The molecule has 0 aromatic heterocycles. The number of benzene rings is 1. The fourth-order valence-corrected chi connectivity index (χ4v) is 2.81. The van der Waals surface area contributed by atoms with Gasteiger partial charge in [-0.1, -0.05) is 12.1 Å². The van der Waals surface area contributed by atoms with E-state index in [2.05, 4.69) is 0 Å². The normalized spacial score (nSPS) is 23.0. The summed E-state index contributed by atoms with van der Waals surface area (Å²) in [4.78, 5) is 0.482. The van der Waals surface area contributed by atoms with Crippen LogP contribution in [-0.4, -0.2) is 31.2 Å². The second-order valence-corrected chi connectivity index (χ2v) is 6.85. The van der Waals surface area contributed by atoms with Crippen molar-refractivity contribution in [2.75, 3.05) is 11.4 Å². The first-order valence-corrected chi connectivity index (χ1v) is 7.34. The average molecular weight is 313 g/mol. The predicted octanol–water partition coefficient (Wildman–Crippen LogP) is 2.87. The molecule has 0 saturated carbocycles. The van der Waals surface area contributed by atoms with Crippen molar-refractivity contribution in [1.82, 2.24) is 0 Å². The van der Waals surface area contributed by atoms with Crippen LogP contribution in [0, 0.1) is 0 Å². The Morgan fingerprint density at radius 3 is 2.23 bits per heavy atom. The molecule has 2 aliphatic rings. The van der Waals surface area contributed by atoms with Gasteiger partial charge in [0.2, 0.25) is 0 Å². The zero-order valence-electron chi connectivity index (χ0n) is 13.1. The highest BCUT2D eigenvalue weighted by molar-refractivity contribution is 6.62. The van der Waals surface area contributed by atoms with Crippen LogP contribution in [0.2, 0.25) is 0 Å². The fourth-order valence-electron chi connectivity index (χ4n) is 2.81. The SMILES string of the molecule is CC1(C)OB(c2ccc3c(c2)CCN3C(F)(F)F)OC1(C)C. The van der Waals surface area contributed by atoms with E-state index in [4.69, 9.17) is 9.31 Å². The van der Waals surface area contributed by atoms with Gasteiger partial charge in [0.25, 0.3) is 0 Å². The second kappa shape index (κ2) is 4.65. The van der Waals surface area contributed by atoms with Gasteiger partial charge >= 0.3 is 13.4 Å². The maximum absolute atomic E-state index is 12.9. The zero-order valence-corrected chi connectivity index (χ0v) is 13.1. The first-order valence-electron chi connectivity index (χ1n) is 7.34. The van der Waals surface area contributed by atoms with Gasteiger partial charge in [0.15, 0.2) is 0 Å². The molecule has 0 radical (unpaired) electrons. The molecule has 1 saturated heterocycles. The van der Waals surface area contributed by atoms with Crippen LogP contribution in [0.4, 0.5) is 18.9 Å². The molecular weight excluding hydrogens is 294 g/mol. The highest BCUT2D eigenvalue weighted by Crippen LogP contribution is 2.38. The van der Waals surface area contributed by atoms with Crippen LogP contribution < -0.4 is 10.4 Å². The third kappa shape index (κ3) is 2.40. The highest BCUT2D eigenvalue weighted by Gasteiger charge is 2.52. The number of anilines is 1. The van der Waals surface area contributed by atoms with E-state index >= 15 is 0 Å². The molecule has 3 nitrogen and oxygen atoms in total. The van der Waals surface area contributed by atoms with Gasteiger partial charge in [0, 0.05) is 12.2 Å². The summed E-state index contributed by atoms with van der Waals surface area (Å²) in [5.41, 5.74) is 0.752. The van der Waals surface area contributed by atoms with Crippen molar-refractivity contribution in [3.05, 3.63) is 23.8 Å². The van der Waals surface area contributed by atoms with E-state index in [0.717, 1.165) is 5.46 Å². The molecule has 0 aliphatic carbocycles. The van der Waals surface area contributed by atoms with Crippen molar-refractivity contribution < 1.29 is 22.5 Å². The van der Waals surface area contributed by atoms with E-state index < -0.39 is 24.6 Å². The Bertz CT molecular complexity index is 585. The van der Waals surface area contributed by atoms with Crippen LogP contribution in [0.1, 0.15) is 33.3 Å². The molecule has 0 amide bonds. The molecule has 2 heterocycles. The maximum Gasteiger partial charge on any atom is 0.494 e. The van der Waals surface area contributed by atoms with Gasteiger partial charge in [-0.05, 0) is 51.2 Å². The monoisotopic (exact) mass is 313 g/mol. The van der Waals surface area contributed by atoms with E-state index in [1.807, 2.05) is 27.7 Å². The highest BCUT2D eigenvalue weighted by atomic mass is 19.4. The van der Waals surface area contributed by atoms with Crippen LogP contribution >= 0.6 is 0 Å². The molecule has 2 aliphatic heterocycles. The Morgan fingerprint density at radius 1 is 1.09 bits per heavy atom. The number of alkyl halides is 3. The number of halogens is 3. The summed E-state index contributed by atoms with van der Waals surface area (Å²) in [5.74, 6) is 0. The summed E-state index contributed by atoms with van der Waals surface area (Å²) in [7, 11) is -0.546. The smallest absolute Gasteiger partial charge is 0.399 e. The Hall–Kier alpha value is -1.21. The maximum atomic E-state index is 12.9. The van der Waals surface area contributed by atoms with E-state index in [-0.39, 0.29) is 12.2 Å². The van der Waals surface area contributed by atoms with E-state index in [9.17, 15) is 13.2 Å². The Balaban J connectivity index is 1.88. The third-order valence-corrected chi connectivity index (χ3v) is 4.83. The van der Waals surface area contributed by atoms with Crippen molar-refractivity contribution in [3.63, 3.8) is 0 Å². The topological polar surface area (TPSA) is 21.7 Å². The summed E-state index contributed by atoms with van der Waals surface area (Å²) >= 11 is 0. The molecule has 0 bridgehead atoms. The molecule has 0 atom stereocenters. The lowest BCUT2D eigenvalue weighted by Gasteiger charge is -2.32. The van der Waals surface area contributed by atoms with Crippen LogP contribution in [-0.2, 0) is 15.7 Å². The Kier molecular flexibility index (Phi) is 3.31. The molecule has 1 aromatic rings. The molecule has 0 unspecified atom stereocenters. The Labute approximate surface area is 128 Å². The zero-order chi connectivity index (χ0) is 16.3. The minimum absolute atomic E-state index is 0.0361. The third-order valence-electron chi connectivity index (χ3n) is 4.83. The van der Waals surface area contributed by atoms with Gasteiger partial charge in [0.1, 0.15) is 0 Å². The van der Waals surface area contributed by atoms with Gasteiger partial charge in [-0.2, -0.15) is 13.2 Å². The molecule has 1 fully saturated rings. The van der Waals surface area contributed by atoms with Gasteiger partial charge in [-0.3, -0.25) is 4.90 Å². The lowest BCUT2D eigenvalue weighted by atomic mass is 9.78. The molecule has 3 rings (SSSR count). The van der Waals surface area contributed by atoms with Crippen LogP contribution in [0.5, 0.6) is 0 Å². The summed E-state index contributed by atoms with van der Waals surface area (Å²) in [6.07, 6.45) is -3.96.